The molecule has 0 atom stereocenters. The van der Waals surface area contributed by atoms with Gasteiger partial charge in [-0.05, 0) is 36.4 Å². The van der Waals surface area contributed by atoms with Gasteiger partial charge in [-0.15, -0.1) is 0 Å². The van der Waals surface area contributed by atoms with Gasteiger partial charge in [-0.2, -0.15) is 0 Å². The molecule has 0 spiro atoms. The van der Waals surface area contributed by atoms with Crippen molar-refractivity contribution in [1.82, 2.24) is 0 Å². The van der Waals surface area contributed by atoms with Crippen molar-refractivity contribution in [3.63, 3.8) is 0 Å². The van der Waals surface area contributed by atoms with Gasteiger partial charge in [0.2, 0.25) is 0 Å². The Bertz CT molecular complexity index is 555. The van der Waals surface area contributed by atoms with Gasteiger partial charge in [0, 0.05) is 16.1 Å². The first-order valence-electron chi connectivity index (χ1n) is 4.91. The summed E-state index contributed by atoms with van der Waals surface area (Å²) in [4.78, 5) is 0. The molecule has 0 unspecified atom stereocenters. The van der Waals surface area contributed by atoms with Crippen LogP contribution in [0.1, 0.15) is 0 Å². The molecular weight excluding hydrogens is 246 g/mol. The fraction of sp³-hybridized carbons (Fsp3) is 0.0769. The summed E-state index contributed by atoms with van der Waals surface area (Å²) in [6.45, 7) is 0. The van der Waals surface area contributed by atoms with Crippen LogP contribution in [-0.4, -0.2) is 7.11 Å². The van der Waals surface area contributed by atoms with Crippen molar-refractivity contribution >= 4 is 11.6 Å². The summed E-state index contributed by atoms with van der Waals surface area (Å²) in [5, 5.41) is 0.474. The third-order valence-electron chi connectivity index (χ3n) is 2.38. The van der Waals surface area contributed by atoms with Crippen LogP contribution in [0.2, 0.25) is 5.02 Å². The molecule has 0 radical (unpaired) electrons. The second-order valence-corrected chi connectivity index (χ2v) is 3.91. The second kappa shape index (κ2) is 4.72. The molecule has 0 bridgehead atoms. The van der Waals surface area contributed by atoms with Crippen molar-refractivity contribution in [3.05, 3.63) is 53.1 Å². The lowest BCUT2D eigenvalue weighted by molar-refractivity contribution is 0.416. The Hall–Kier alpha value is -1.61. The molecule has 88 valence electrons. The molecule has 2 aromatic carbocycles. The van der Waals surface area contributed by atoms with E-state index in [2.05, 4.69) is 0 Å². The molecule has 0 fully saturated rings. The van der Waals surface area contributed by atoms with Gasteiger partial charge in [-0.1, -0.05) is 11.6 Å². The van der Waals surface area contributed by atoms with Crippen LogP contribution < -0.4 is 4.74 Å². The van der Waals surface area contributed by atoms with Gasteiger partial charge in [0.05, 0.1) is 7.11 Å². The van der Waals surface area contributed by atoms with Crippen molar-refractivity contribution in [2.75, 3.05) is 7.11 Å². The standard InChI is InChI=1S/C13H9ClF2O/c1-17-13-6-8(14)2-4-10(13)11-7-9(15)3-5-12(11)16/h2-7H,1H3. The van der Waals surface area contributed by atoms with Crippen molar-refractivity contribution in [2.45, 2.75) is 0 Å². The average molecular weight is 255 g/mol. The van der Waals surface area contributed by atoms with E-state index in [1.165, 1.54) is 7.11 Å². The quantitative estimate of drug-likeness (QED) is 0.777. The highest BCUT2D eigenvalue weighted by atomic mass is 35.5. The summed E-state index contributed by atoms with van der Waals surface area (Å²) in [5.41, 5.74) is 0.618. The van der Waals surface area contributed by atoms with E-state index in [1.54, 1.807) is 18.2 Å². The van der Waals surface area contributed by atoms with E-state index in [-0.39, 0.29) is 5.56 Å². The van der Waals surface area contributed by atoms with Crippen LogP contribution in [0.4, 0.5) is 8.78 Å². The first kappa shape index (κ1) is 11.9. The first-order chi connectivity index (χ1) is 8.11. The Morgan fingerprint density at radius 1 is 1.00 bits per heavy atom. The highest BCUT2D eigenvalue weighted by molar-refractivity contribution is 6.30. The highest BCUT2D eigenvalue weighted by Crippen LogP contribution is 2.34. The van der Waals surface area contributed by atoms with Crippen LogP contribution in [0.25, 0.3) is 11.1 Å². The van der Waals surface area contributed by atoms with Crippen LogP contribution >= 0.6 is 11.6 Å². The van der Waals surface area contributed by atoms with Gasteiger partial charge in [-0.3, -0.25) is 0 Å². The molecule has 0 heterocycles. The average Bonchev–Trinajstić information content (AvgIpc) is 2.32. The zero-order valence-electron chi connectivity index (χ0n) is 9.01. The molecule has 0 aromatic heterocycles. The predicted molar refractivity (Wildman–Crippen MR) is 63.4 cm³/mol. The zero-order valence-corrected chi connectivity index (χ0v) is 9.76. The largest absolute Gasteiger partial charge is 0.496 e. The molecule has 0 aliphatic heterocycles. The van der Waals surface area contributed by atoms with Crippen LogP contribution in [0.15, 0.2) is 36.4 Å². The SMILES string of the molecule is COc1cc(Cl)ccc1-c1cc(F)ccc1F. The second-order valence-electron chi connectivity index (χ2n) is 3.47. The minimum atomic E-state index is -0.507. The van der Waals surface area contributed by atoms with Gasteiger partial charge >= 0.3 is 0 Å². The van der Waals surface area contributed by atoms with Crippen molar-refractivity contribution in [1.29, 1.82) is 0 Å². The number of ether oxygens (including phenoxy) is 1. The molecule has 1 nitrogen and oxygen atoms in total. The predicted octanol–water partition coefficient (Wildman–Crippen LogP) is 4.29. The normalized spacial score (nSPS) is 10.4. The van der Waals surface area contributed by atoms with Gasteiger partial charge in [0.15, 0.2) is 0 Å². The van der Waals surface area contributed by atoms with Crippen LogP contribution in [0.5, 0.6) is 5.75 Å². The topological polar surface area (TPSA) is 9.23 Å². The maximum absolute atomic E-state index is 13.6. The number of halogens is 3. The molecule has 0 amide bonds. The highest BCUT2D eigenvalue weighted by Gasteiger charge is 2.11. The zero-order chi connectivity index (χ0) is 12.4. The van der Waals surface area contributed by atoms with E-state index < -0.39 is 11.6 Å². The number of methoxy groups -OCH3 is 1. The van der Waals surface area contributed by atoms with Gasteiger partial charge in [-0.25, -0.2) is 8.78 Å². The lowest BCUT2D eigenvalue weighted by Gasteiger charge is -2.10. The molecule has 0 aliphatic rings. The number of hydrogen-bond donors (Lipinski definition) is 0. The third kappa shape index (κ3) is 2.39. The number of rotatable bonds is 2. The number of hydrogen-bond acceptors (Lipinski definition) is 1. The third-order valence-corrected chi connectivity index (χ3v) is 2.62. The van der Waals surface area contributed by atoms with Gasteiger partial charge in [0.1, 0.15) is 17.4 Å². The summed E-state index contributed by atoms with van der Waals surface area (Å²) in [6.07, 6.45) is 0. The lowest BCUT2D eigenvalue weighted by Crippen LogP contribution is -1.91. The van der Waals surface area contributed by atoms with Crippen molar-refractivity contribution in [3.8, 4) is 16.9 Å². The van der Waals surface area contributed by atoms with Crippen molar-refractivity contribution < 1.29 is 13.5 Å². The fourth-order valence-corrected chi connectivity index (χ4v) is 1.75. The minimum absolute atomic E-state index is 0.151. The summed E-state index contributed by atoms with van der Waals surface area (Å²) in [7, 11) is 1.45. The molecule has 2 aromatic rings. The smallest absolute Gasteiger partial charge is 0.131 e. The fourth-order valence-electron chi connectivity index (χ4n) is 1.59. The summed E-state index contributed by atoms with van der Waals surface area (Å²) >= 11 is 5.81. The monoisotopic (exact) mass is 254 g/mol. The van der Waals surface area contributed by atoms with E-state index >= 15 is 0 Å². The van der Waals surface area contributed by atoms with Crippen LogP contribution in [0, 0.1) is 11.6 Å². The maximum atomic E-state index is 13.6. The first-order valence-corrected chi connectivity index (χ1v) is 5.28. The van der Waals surface area contributed by atoms with E-state index in [0.29, 0.717) is 16.3 Å². The van der Waals surface area contributed by atoms with Gasteiger partial charge in [0.25, 0.3) is 0 Å². The van der Waals surface area contributed by atoms with E-state index in [9.17, 15) is 8.78 Å². The maximum Gasteiger partial charge on any atom is 0.131 e. The minimum Gasteiger partial charge on any atom is -0.496 e. The summed E-state index contributed by atoms with van der Waals surface area (Å²) in [5.74, 6) is -0.604. The molecular formula is C13H9ClF2O. The molecule has 0 saturated carbocycles. The molecule has 0 N–H and O–H groups in total. The van der Waals surface area contributed by atoms with Crippen LogP contribution in [-0.2, 0) is 0 Å². The Balaban J connectivity index is 2.63. The molecule has 0 aliphatic carbocycles. The van der Waals surface area contributed by atoms with Gasteiger partial charge < -0.3 is 4.74 Å². The van der Waals surface area contributed by atoms with E-state index in [1.807, 2.05) is 0 Å². The Kier molecular flexibility index (Phi) is 3.29. The molecule has 17 heavy (non-hydrogen) atoms. The van der Waals surface area contributed by atoms with Crippen LogP contribution in [0.3, 0.4) is 0 Å². The van der Waals surface area contributed by atoms with Crippen molar-refractivity contribution in [2.24, 2.45) is 0 Å². The molecule has 2 rings (SSSR count). The van der Waals surface area contributed by atoms with E-state index in [0.717, 1.165) is 18.2 Å². The van der Waals surface area contributed by atoms with E-state index in [4.69, 9.17) is 16.3 Å². The Morgan fingerprint density at radius 2 is 1.76 bits per heavy atom. The Labute approximate surface area is 103 Å². The molecule has 0 saturated heterocycles. The Morgan fingerprint density at radius 3 is 2.47 bits per heavy atom. The lowest BCUT2D eigenvalue weighted by atomic mass is 10.0. The molecule has 4 heteroatoms. The summed E-state index contributed by atoms with van der Waals surface area (Å²) < 4.78 is 31.8. The summed E-state index contributed by atoms with van der Waals surface area (Å²) in [6, 6.07) is 8.03. The number of benzene rings is 2.